The number of amides is 1. The highest BCUT2D eigenvalue weighted by atomic mass is 79.9. The Hall–Kier alpha value is -0.580. The quantitative estimate of drug-likeness (QED) is 0.861. The molecule has 0 saturated carbocycles. The van der Waals surface area contributed by atoms with Gasteiger partial charge in [0.25, 0.3) is 0 Å². The number of carbonyl (C=O) groups excluding carboxylic acids is 1. The summed E-state index contributed by atoms with van der Waals surface area (Å²) in [6, 6.07) is 5.91. The number of carbonyl (C=O) groups is 1. The van der Waals surface area contributed by atoms with Crippen molar-refractivity contribution in [2.24, 2.45) is 5.41 Å². The Kier molecular flexibility index (Phi) is 5.10. The van der Waals surface area contributed by atoms with E-state index in [1.807, 2.05) is 18.2 Å². The van der Waals surface area contributed by atoms with Gasteiger partial charge in [0, 0.05) is 35.9 Å². The molecule has 1 N–H and O–H groups in total. The van der Waals surface area contributed by atoms with E-state index in [4.69, 9.17) is 11.6 Å². The lowest BCUT2D eigenvalue weighted by Gasteiger charge is -2.33. The van der Waals surface area contributed by atoms with Crippen molar-refractivity contribution in [1.29, 1.82) is 0 Å². The van der Waals surface area contributed by atoms with Crippen molar-refractivity contribution < 1.29 is 4.79 Å². The van der Waals surface area contributed by atoms with E-state index in [1.54, 1.807) is 0 Å². The lowest BCUT2D eigenvalue weighted by molar-refractivity contribution is -0.130. The van der Waals surface area contributed by atoms with Crippen molar-refractivity contribution in [2.45, 2.75) is 32.1 Å². The van der Waals surface area contributed by atoms with E-state index in [1.165, 1.54) is 12.8 Å². The number of nitrogens with zero attached hydrogens (tertiary/aromatic N) is 1. The number of nitrogens with one attached hydrogen (secondary N) is 1. The van der Waals surface area contributed by atoms with E-state index in [2.05, 4.69) is 26.1 Å². The lowest BCUT2D eigenvalue weighted by Crippen LogP contribution is -2.42. The molecule has 1 spiro atoms. The minimum Gasteiger partial charge on any atom is -0.342 e. The maximum absolute atomic E-state index is 12.5. The molecule has 2 aliphatic heterocycles. The zero-order valence-corrected chi connectivity index (χ0v) is 15.0. The standard InChI is InChI=1S/C17H22BrClN2O/c18-14-4-2-13(10-15(14)19)3-5-16(22)21-9-7-17(12-21)6-1-8-20-11-17/h2,4,10,20H,1,3,5-9,11-12H2. The normalized spacial score (nSPS) is 24.9. The topological polar surface area (TPSA) is 32.3 Å². The number of likely N-dealkylation sites (tertiary alicyclic amines) is 1. The molecule has 0 radical (unpaired) electrons. The third kappa shape index (κ3) is 3.66. The van der Waals surface area contributed by atoms with E-state index >= 15 is 0 Å². The van der Waals surface area contributed by atoms with Gasteiger partial charge >= 0.3 is 0 Å². The summed E-state index contributed by atoms with van der Waals surface area (Å²) in [5.41, 5.74) is 1.46. The molecule has 1 unspecified atom stereocenters. The van der Waals surface area contributed by atoms with Crippen LogP contribution in [-0.2, 0) is 11.2 Å². The molecule has 0 aromatic heterocycles. The highest BCUT2D eigenvalue weighted by Gasteiger charge is 2.40. The van der Waals surface area contributed by atoms with Gasteiger partial charge in [0.05, 0.1) is 5.02 Å². The molecule has 5 heteroatoms. The number of hydrogen-bond acceptors (Lipinski definition) is 2. The fourth-order valence-electron chi connectivity index (χ4n) is 3.63. The van der Waals surface area contributed by atoms with Crippen molar-refractivity contribution in [2.75, 3.05) is 26.2 Å². The van der Waals surface area contributed by atoms with E-state index in [9.17, 15) is 4.79 Å². The fourth-order valence-corrected chi connectivity index (χ4v) is 4.08. The number of rotatable bonds is 3. The van der Waals surface area contributed by atoms with Crippen molar-refractivity contribution in [3.63, 3.8) is 0 Å². The fraction of sp³-hybridized carbons (Fsp3) is 0.588. The Bertz CT molecular complexity index is 558. The molecule has 2 saturated heterocycles. The molecule has 1 amide bonds. The molecule has 1 aromatic carbocycles. The molecular formula is C17H22BrClN2O. The maximum atomic E-state index is 12.5. The van der Waals surface area contributed by atoms with Crippen LogP contribution < -0.4 is 5.32 Å². The van der Waals surface area contributed by atoms with Gasteiger partial charge in [-0.05, 0) is 65.9 Å². The molecule has 1 aromatic rings. The average molecular weight is 386 g/mol. The van der Waals surface area contributed by atoms with Crippen LogP contribution in [0.2, 0.25) is 5.02 Å². The molecule has 0 aliphatic carbocycles. The predicted molar refractivity (Wildman–Crippen MR) is 93.2 cm³/mol. The van der Waals surface area contributed by atoms with Gasteiger partial charge in [0.15, 0.2) is 0 Å². The second-order valence-electron chi connectivity index (χ2n) is 6.59. The summed E-state index contributed by atoms with van der Waals surface area (Å²) in [6.07, 6.45) is 4.97. The van der Waals surface area contributed by atoms with Gasteiger partial charge in [-0.15, -0.1) is 0 Å². The molecule has 2 heterocycles. The smallest absolute Gasteiger partial charge is 0.222 e. The number of benzene rings is 1. The number of hydrogen-bond donors (Lipinski definition) is 1. The Balaban J connectivity index is 1.53. The first-order valence-corrected chi connectivity index (χ1v) is 9.18. The zero-order chi connectivity index (χ0) is 15.6. The molecule has 3 nitrogen and oxygen atoms in total. The summed E-state index contributed by atoms with van der Waals surface area (Å²) in [5, 5.41) is 4.20. The molecule has 2 aliphatic rings. The summed E-state index contributed by atoms with van der Waals surface area (Å²) in [7, 11) is 0. The number of halogens is 2. The van der Waals surface area contributed by atoms with Gasteiger partial charge in [-0.2, -0.15) is 0 Å². The van der Waals surface area contributed by atoms with Crippen LogP contribution in [0.1, 0.15) is 31.2 Å². The third-order valence-corrected chi connectivity index (χ3v) is 6.20. The molecular weight excluding hydrogens is 364 g/mol. The highest BCUT2D eigenvalue weighted by molar-refractivity contribution is 9.10. The van der Waals surface area contributed by atoms with E-state index in [0.717, 1.165) is 49.1 Å². The average Bonchev–Trinajstić information content (AvgIpc) is 2.92. The van der Waals surface area contributed by atoms with Crippen LogP contribution in [0.15, 0.2) is 22.7 Å². The molecule has 2 fully saturated rings. The molecule has 120 valence electrons. The summed E-state index contributed by atoms with van der Waals surface area (Å²) in [5.74, 6) is 0.279. The van der Waals surface area contributed by atoms with E-state index < -0.39 is 0 Å². The van der Waals surface area contributed by atoms with Crippen molar-refractivity contribution in [3.05, 3.63) is 33.3 Å². The Labute approximate surface area is 145 Å². The van der Waals surface area contributed by atoms with Crippen LogP contribution in [0.25, 0.3) is 0 Å². The molecule has 0 bridgehead atoms. The van der Waals surface area contributed by atoms with Crippen LogP contribution in [0.4, 0.5) is 0 Å². The van der Waals surface area contributed by atoms with Crippen molar-refractivity contribution in [3.8, 4) is 0 Å². The molecule has 22 heavy (non-hydrogen) atoms. The van der Waals surface area contributed by atoms with Crippen LogP contribution in [0, 0.1) is 5.41 Å². The summed E-state index contributed by atoms with van der Waals surface area (Å²) in [6.45, 7) is 4.04. The molecule has 3 rings (SSSR count). The number of piperidine rings is 1. The van der Waals surface area contributed by atoms with Crippen LogP contribution in [0.5, 0.6) is 0 Å². The van der Waals surface area contributed by atoms with Gasteiger partial charge in [0.1, 0.15) is 0 Å². The summed E-state index contributed by atoms with van der Waals surface area (Å²) in [4.78, 5) is 14.5. The van der Waals surface area contributed by atoms with Crippen LogP contribution >= 0.6 is 27.5 Å². The lowest BCUT2D eigenvalue weighted by atomic mass is 9.80. The highest BCUT2D eigenvalue weighted by Crippen LogP contribution is 2.36. The Morgan fingerprint density at radius 3 is 3.00 bits per heavy atom. The van der Waals surface area contributed by atoms with Crippen LogP contribution in [0.3, 0.4) is 0 Å². The third-order valence-electron chi connectivity index (χ3n) is 4.96. The maximum Gasteiger partial charge on any atom is 0.222 e. The van der Waals surface area contributed by atoms with E-state index in [-0.39, 0.29) is 5.91 Å². The van der Waals surface area contributed by atoms with Crippen molar-refractivity contribution in [1.82, 2.24) is 10.2 Å². The van der Waals surface area contributed by atoms with Crippen LogP contribution in [-0.4, -0.2) is 37.0 Å². The minimum atomic E-state index is 0.279. The van der Waals surface area contributed by atoms with Gasteiger partial charge < -0.3 is 10.2 Å². The predicted octanol–water partition coefficient (Wildman–Crippen LogP) is 3.64. The zero-order valence-electron chi connectivity index (χ0n) is 12.7. The summed E-state index contributed by atoms with van der Waals surface area (Å²) >= 11 is 9.50. The van der Waals surface area contributed by atoms with Gasteiger partial charge in [-0.1, -0.05) is 17.7 Å². The first-order chi connectivity index (χ1) is 10.6. The monoisotopic (exact) mass is 384 g/mol. The number of aryl methyl sites for hydroxylation is 1. The molecule has 1 atom stereocenters. The van der Waals surface area contributed by atoms with Gasteiger partial charge in [0.2, 0.25) is 5.91 Å². The Morgan fingerprint density at radius 2 is 2.27 bits per heavy atom. The first-order valence-electron chi connectivity index (χ1n) is 8.00. The first kappa shape index (κ1) is 16.3. The minimum absolute atomic E-state index is 0.279. The summed E-state index contributed by atoms with van der Waals surface area (Å²) < 4.78 is 0.899. The second kappa shape index (κ2) is 6.90. The van der Waals surface area contributed by atoms with Crippen molar-refractivity contribution >= 4 is 33.4 Å². The van der Waals surface area contributed by atoms with Gasteiger partial charge in [-0.3, -0.25) is 4.79 Å². The van der Waals surface area contributed by atoms with E-state index in [0.29, 0.717) is 16.9 Å². The SMILES string of the molecule is O=C(CCc1ccc(Br)c(Cl)c1)N1CCC2(CCCNC2)C1. The Morgan fingerprint density at radius 1 is 1.41 bits per heavy atom. The second-order valence-corrected chi connectivity index (χ2v) is 7.86. The van der Waals surface area contributed by atoms with Gasteiger partial charge in [-0.25, -0.2) is 0 Å². The largest absolute Gasteiger partial charge is 0.342 e.